The highest BCUT2D eigenvalue weighted by atomic mass is 32.1. The number of likely N-dealkylation sites (tertiary alicyclic amines) is 1. The summed E-state index contributed by atoms with van der Waals surface area (Å²) in [6.45, 7) is 1.04. The number of rotatable bonds is 7. The number of thiophene rings is 1. The number of hydrogen-bond donors (Lipinski definition) is 2. The normalized spacial score (nSPS) is 16.1. The molecule has 142 valence electrons. The van der Waals surface area contributed by atoms with Crippen LogP contribution in [-0.4, -0.2) is 35.2 Å². The molecule has 3 rings (SSSR count). The number of anilines is 1. The highest BCUT2D eigenvalue weighted by Crippen LogP contribution is 2.20. The van der Waals surface area contributed by atoms with Gasteiger partial charge in [0.15, 0.2) is 0 Å². The van der Waals surface area contributed by atoms with Gasteiger partial charge in [0.2, 0.25) is 17.7 Å². The number of nitrogens with zero attached hydrogens (tertiary/aromatic N) is 1. The van der Waals surface area contributed by atoms with E-state index in [-0.39, 0.29) is 30.6 Å². The standard InChI is InChI=1S/C20H23N3O3S/c24-18(21-14-16-8-5-13-27-16)10-11-19(25)23-12-4-9-17(23)20(26)22-15-6-2-1-3-7-15/h1-3,5-8,13,17H,4,9-12,14H2,(H,21,24)(H,22,26)/t17-/m0/s1. The molecule has 1 atom stereocenters. The highest BCUT2D eigenvalue weighted by Gasteiger charge is 2.33. The van der Waals surface area contributed by atoms with Crippen LogP contribution in [0.15, 0.2) is 47.8 Å². The first-order chi connectivity index (χ1) is 13.1. The topological polar surface area (TPSA) is 78.5 Å². The van der Waals surface area contributed by atoms with E-state index in [9.17, 15) is 14.4 Å². The van der Waals surface area contributed by atoms with E-state index in [1.807, 2.05) is 47.8 Å². The largest absolute Gasteiger partial charge is 0.351 e. The van der Waals surface area contributed by atoms with Crippen LogP contribution in [0.5, 0.6) is 0 Å². The van der Waals surface area contributed by atoms with Gasteiger partial charge in [0.25, 0.3) is 0 Å². The minimum Gasteiger partial charge on any atom is -0.351 e. The maximum Gasteiger partial charge on any atom is 0.247 e. The van der Waals surface area contributed by atoms with Crippen molar-refractivity contribution in [1.29, 1.82) is 0 Å². The summed E-state index contributed by atoms with van der Waals surface area (Å²) >= 11 is 1.58. The van der Waals surface area contributed by atoms with Gasteiger partial charge in [-0.15, -0.1) is 11.3 Å². The summed E-state index contributed by atoms with van der Waals surface area (Å²) in [6.07, 6.45) is 1.69. The summed E-state index contributed by atoms with van der Waals surface area (Å²) in [6, 6.07) is 12.6. The van der Waals surface area contributed by atoms with Gasteiger partial charge in [-0.3, -0.25) is 14.4 Å². The van der Waals surface area contributed by atoms with Crippen LogP contribution in [0.2, 0.25) is 0 Å². The maximum atomic E-state index is 12.5. The van der Waals surface area contributed by atoms with E-state index >= 15 is 0 Å². The Labute approximate surface area is 162 Å². The fraction of sp³-hybridized carbons (Fsp3) is 0.350. The molecule has 7 heteroatoms. The van der Waals surface area contributed by atoms with E-state index in [4.69, 9.17) is 0 Å². The smallest absolute Gasteiger partial charge is 0.247 e. The molecular weight excluding hydrogens is 362 g/mol. The number of hydrogen-bond acceptors (Lipinski definition) is 4. The molecule has 27 heavy (non-hydrogen) atoms. The van der Waals surface area contributed by atoms with Gasteiger partial charge in [-0.05, 0) is 36.4 Å². The van der Waals surface area contributed by atoms with Crippen molar-refractivity contribution in [3.8, 4) is 0 Å². The Bertz CT molecular complexity index is 777. The van der Waals surface area contributed by atoms with E-state index < -0.39 is 6.04 Å². The summed E-state index contributed by atoms with van der Waals surface area (Å²) in [4.78, 5) is 39.7. The third kappa shape index (κ3) is 5.40. The van der Waals surface area contributed by atoms with Gasteiger partial charge < -0.3 is 15.5 Å². The third-order valence-corrected chi connectivity index (χ3v) is 5.40. The molecule has 1 aliphatic heterocycles. The van der Waals surface area contributed by atoms with Crippen molar-refractivity contribution in [3.05, 3.63) is 52.7 Å². The third-order valence-electron chi connectivity index (χ3n) is 4.52. The fourth-order valence-corrected chi connectivity index (χ4v) is 3.78. The Kier molecular flexibility index (Phi) is 6.59. The molecule has 2 heterocycles. The molecule has 2 aromatic rings. The number of para-hydroxylation sites is 1. The molecule has 1 aromatic carbocycles. The molecule has 1 fully saturated rings. The van der Waals surface area contributed by atoms with Crippen molar-refractivity contribution >= 4 is 34.7 Å². The Morgan fingerprint density at radius 2 is 1.89 bits per heavy atom. The second-order valence-electron chi connectivity index (χ2n) is 6.46. The van der Waals surface area contributed by atoms with Crippen LogP contribution >= 0.6 is 11.3 Å². The lowest BCUT2D eigenvalue weighted by molar-refractivity contribution is -0.137. The zero-order valence-electron chi connectivity index (χ0n) is 15.0. The summed E-state index contributed by atoms with van der Waals surface area (Å²) in [7, 11) is 0. The average molecular weight is 385 g/mol. The Morgan fingerprint density at radius 1 is 1.07 bits per heavy atom. The van der Waals surface area contributed by atoms with Gasteiger partial charge in [-0.25, -0.2) is 0 Å². The van der Waals surface area contributed by atoms with Gasteiger partial charge in [0, 0.05) is 30.0 Å². The predicted molar refractivity (Wildman–Crippen MR) is 105 cm³/mol. The van der Waals surface area contributed by atoms with Crippen LogP contribution < -0.4 is 10.6 Å². The van der Waals surface area contributed by atoms with Crippen molar-refractivity contribution in [3.63, 3.8) is 0 Å². The Balaban J connectivity index is 1.46. The Hall–Kier alpha value is -2.67. The van der Waals surface area contributed by atoms with Crippen molar-refractivity contribution in [1.82, 2.24) is 10.2 Å². The van der Waals surface area contributed by atoms with Crippen LogP contribution in [0, 0.1) is 0 Å². The molecule has 1 aromatic heterocycles. The number of benzene rings is 1. The minimum absolute atomic E-state index is 0.116. The molecular formula is C20H23N3O3S. The molecule has 1 saturated heterocycles. The molecule has 1 aliphatic rings. The van der Waals surface area contributed by atoms with Crippen LogP contribution in [-0.2, 0) is 20.9 Å². The second kappa shape index (κ2) is 9.32. The Morgan fingerprint density at radius 3 is 2.63 bits per heavy atom. The molecule has 6 nitrogen and oxygen atoms in total. The van der Waals surface area contributed by atoms with Gasteiger partial charge in [-0.2, -0.15) is 0 Å². The first kappa shape index (κ1) is 19.1. The van der Waals surface area contributed by atoms with Crippen LogP contribution in [0.1, 0.15) is 30.6 Å². The monoisotopic (exact) mass is 385 g/mol. The van der Waals surface area contributed by atoms with Gasteiger partial charge in [-0.1, -0.05) is 24.3 Å². The molecule has 0 spiro atoms. The summed E-state index contributed by atoms with van der Waals surface area (Å²) < 4.78 is 0. The zero-order chi connectivity index (χ0) is 19.1. The number of carbonyl (C=O) groups is 3. The first-order valence-electron chi connectivity index (χ1n) is 9.08. The number of nitrogens with one attached hydrogen (secondary N) is 2. The SMILES string of the molecule is O=C(CCC(=O)N1CCC[C@H]1C(=O)Nc1ccccc1)NCc1cccs1. The van der Waals surface area contributed by atoms with Crippen LogP contribution in [0.4, 0.5) is 5.69 Å². The van der Waals surface area contributed by atoms with E-state index in [1.165, 1.54) is 0 Å². The van der Waals surface area contributed by atoms with E-state index in [1.54, 1.807) is 16.2 Å². The molecule has 0 bridgehead atoms. The number of carbonyl (C=O) groups excluding carboxylic acids is 3. The zero-order valence-corrected chi connectivity index (χ0v) is 15.8. The van der Waals surface area contributed by atoms with Crippen molar-refractivity contribution in [2.45, 2.75) is 38.3 Å². The van der Waals surface area contributed by atoms with Crippen molar-refractivity contribution < 1.29 is 14.4 Å². The van der Waals surface area contributed by atoms with Crippen LogP contribution in [0.3, 0.4) is 0 Å². The first-order valence-corrected chi connectivity index (χ1v) is 9.96. The van der Waals surface area contributed by atoms with E-state index in [2.05, 4.69) is 10.6 Å². The van der Waals surface area contributed by atoms with E-state index in [0.717, 1.165) is 17.0 Å². The van der Waals surface area contributed by atoms with E-state index in [0.29, 0.717) is 19.5 Å². The van der Waals surface area contributed by atoms with Crippen molar-refractivity contribution in [2.24, 2.45) is 0 Å². The van der Waals surface area contributed by atoms with Gasteiger partial charge in [0.05, 0.1) is 6.54 Å². The predicted octanol–water partition coefficient (Wildman–Crippen LogP) is 2.77. The highest BCUT2D eigenvalue weighted by molar-refractivity contribution is 7.09. The number of amides is 3. The van der Waals surface area contributed by atoms with Crippen molar-refractivity contribution in [2.75, 3.05) is 11.9 Å². The molecule has 2 N–H and O–H groups in total. The van der Waals surface area contributed by atoms with Crippen LogP contribution in [0.25, 0.3) is 0 Å². The fourth-order valence-electron chi connectivity index (χ4n) is 3.14. The molecule has 0 saturated carbocycles. The van der Waals surface area contributed by atoms with Gasteiger partial charge in [0.1, 0.15) is 6.04 Å². The molecule has 0 unspecified atom stereocenters. The summed E-state index contributed by atoms with van der Waals surface area (Å²) in [5.74, 6) is -0.470. The summed E-state index contributed by atoms with van der Waals surface area (Å²) in [5, 5.41) is 7.64. The lowest BCUT2D eigenvalue weighted by Gasteiger charge is -2.24. The lowest BCUT2D eigenvalue weighted by atomic mass is 10.2. The molecule has 0 aliphatic carbocycles. The molecule has 3 amide bonds. The lowest BCUT2D eigenvalue weighted by Crippen LogP contribution is -2.43. The second-order valence-corrected chi connectivity index (χ2v) is 7.49. The quantitative estimate of drug-likeness (QED) is 0.769. The summed E-state index contributed by atoms with van der Waals surface area (Å²) in [5.41, 5.74) is 0.717. The van der Waals surface area contributed by atoms with Gasteiger partial charge >= 0.3 is 0 Å². The average Bonchev–Trinajstić information content (AvgIpc) is 3.37. The maximum absolute atomic E-state index is 12.5. The molecule has 0 radical (unpaired) electrons. The minimum atomic E-state index is -0.466.